The average molecular weight is 480 g/mol. The lowest BCUT2D eigenvalue weighted by molar-refractivity contribution is -0.000483. The van der Waals surface area contributed by atoms with Crippen molar-refractivity contribution in [3.8, 4) is 5.75 Å². The largest absolute Gasteiger partial charge is 0.524 e. The lowest BCUT2D eigenvalue weighted by Gasteiger charge is -2.36. The predicted octanol–water partition coefficient (Wildman–Crippen LogP) is 2.79. The second kappa shape index (κ2) is 8.10. The van der Waals surface area contributed by atoms with E-state index in [-0.39, 0.29) is 5.75 Å². The maximum absolute atomic E-state index is 12.7. The molecule has 0 saturated heterocycles. The fraction of sp³-hybridized carbons (Fsp3) is 0.150. The van der Waals surface area contributed by atoms with Crippen molar-refractivity contribution in [2.24, 2.45) is 5.92 Å². The topological polar surface area (TPSA) is 160 Å². The fourth-order valence-corrected chi connectivity index (χ4v) is 4.74. The SMILES string of the molecule is O=C1O[C@](c2ccc(OP(=O)(O)O)cc2)(C2C=CC(OP(=O)(O)O)C=C2)c2ccccc21. The van der Waals surface area contributed by atoms with Gasteiger partial charge in [0.2, 0.25) is 0 Å². The van der Waals surface area contributed by atoms with Gasteiger partial charge in [0, 0.05) is 17.0 Å². The molecule has 1 atom stereocenters. The molecule has 32 heavy (non-hydrogen) atoms. The Hall–Kier alpha value is -2.55. The molecule has 0 spiro atoms. The van der Waals surface area contributed by atoms with Crippen molar-refractivity contribution in [3.05, 3.63) is 89.5 Å². The van der Waals surface area contributed by atoms with Gasteiger partial charge in [-0.1, -0.05) is 54.6 Å². The number of cyclic esters (lactones) is 1. The monoisotopic (exact) mass is 480 g/mol. The zero-order valence-corrected chi connectivity index (χ0v) is 18.0. The molecule has 0 bridgehead atoms. The molecular weight excluding hydrogens is 462 g/mol. The van der Waals surface area contributed by atoms with E-state index in [0.717, 1.165) is 0 Å². The van der Waals surface area contributed by atoms with Crippen molar-refractivity contribution in [2.75, 3.05) is 0 Å². The molecule has 2 aromatic carbocycles. The van der Waals surface area contributed by atoms with Crippen molar-refractivity contribution >= 4 is 21.6 Å². The summed E-state index contributed by atoms with van der Waals surface area (Å²) in [5.41, 5.74) is 0.109. The molecule has 0 saturated carbocycles. The van der Waals surface area contributed by atoms with E-state index in [1.165, 1.54) is 36.4 Å². The highest BCUT2D eigenvalue weighted by molar-refractivity contribution is 7.46. The molecule has 2 aromatic rings. The van der Waals surface area contributed by atoms with Gasteiger partial charge < -0.3 is 19.0 Å². The first-order valence-electron chi connectivity index (χ1n) is 9.27. The van der Waals surface area contributed by atoms with Gasteiger partial charge in [-0.3, -0.25) is 14.3 Å². The average Bonchev–Trinajstić information content (AvgIpc) is 3.01. The molecule has 0 amide bonds. The smallest absolute Gasteiger partial charge is 0.445 e. The van der Waals surface area contributed by atoms with Gasteiger partial charge in [-0.05, 0) is 18.2 Å². The zero-order valence-electron chi connectivity index (χ0n) is 16.2. The van der Waals surface area contributed by atoms with Crippen LogP contribution < -0.4 is 4.52 Å². The number of esters is 1. The van der Waals surface area contributed by atoms with E-state index >= 15 is 0 Å². The fourth-order valence-electron chi connectivity index (χ4n) is 3.88. The second-order valence-electron chi connectivity index (χ2n) is 7.13. The standard InChI is InChI=1S/C20H18O10P2/c21-19-17-3-1-2-4-18(17)20(28-19,13-5-9-15(10-6-13)29-31(22,23)24)14-7-11-16(12-8-14)30-32(25,26)27/h1-13,15H,(H2,22,23,24)(H2,25,26,27)/t13?,15?,20-/m0/s1. The van der Waals surface area contributed by atoms with Gasteiger partial charge in [0.05, 0.1) is 5.56 Å². The summed E-state index contributed by atoms with van der Waals surface area (Å²) in [5.74, 6) is -1.19. The number of phosphoric ester groups is 2. The van der Waals surface area contributed by atoms with Crippen LogP contribution in [0, 0.1) is 5.92 Å². The minimum absolute atomic E-state index is 0.0697. The third-order valence-corrected chi connectivity index (χ3v) is 6.02. The number of fused-ring (bicyclic) bond motifs is 1. The Labute approximate surface area is 182 Å². The van der Waals surface area contributed by atoms with Crippen LogP contribution in [-0.4, -0.2) is 31.6 Å². The van der Waals surface area contributed by atoms with E-state index in [1.807, 2.05) is 0 Å². The molecule has 0 radical (unpaired) electrons. The minimum Gasteiger partial charge on any atom is -0.445 e. The molecule has 4 N–H and O–H groups in total. The molecule has 1 heterocycles. The number of hydrogen-bond acceptors (Lipinski definition) is 6. The minimum atomic E-state index is -4.74. The van der Waals surface area contributed by atoms with Gasteiger partial charge in [0.25, 0.3) is 0 Å². The van der Waals surface area contributed by atoms with Crippen LogP contribution in [-0.2, 0) is 24.0 Å². The van der Waals surface area contributed by atoms with Crippen molar-refractivity contribution in [1.82, 2.24) is 0 Å². The highest BCUT2D eigenvalue weighted by Gasteiger charge is 2.51. The van der Waals surface area contributed by atoms with Crippen LogP contribution in [0.1, 0.15) is 21.5 Å². The highest BCUT2D eigenvalue weighted by atomic mass is 31.2. The van der Waals surface area contributed by atoms with E-state index < -0.39 is 39.2 Å². The van der Waals surface area contributed by atoms with Crippen molar-refractivity contribution < 1.29 is 47.3 Å². The molecule has 2 aliphatic rings. The van der Waals surface area contributed by atoms with Crippen molar-refractivity contribution in [2.45, 2.75) is 11.7 Å². The first kappa shape index (κ1) is 22.6. The third kappa shape index (κ3) is 4.48. The van der Waals surface area contributed by atoms with Crippen LogP contribution in [0.5, 0.6) is 5.75 Å². The first-order chi connectivity index (χ1) is 15.0. The van der Waals surface area contributed by atoms with Gasteiger partial charge >= 0.3 is 21.6 Å². The lowest BCUT2D eigenvalue weighted by Crippen LogP contribution is -2.36. The number of rotatable bonds is 6. The number of ether oxygens (including phenoxy) is 1. The van der Waals surface area contributed by atoms with E-state index in [0.29, 0.717) is 16.7 Å². The van der Waals surface area contributed by atoms with Crippen LogP contribution in [0.2, 0.25) is 0 Å². The molecule has 10 nitrogen and oxygen atoms in total. The summed E-state index contributed by atoms with van der Waals surface area (Å²) < 4.78 is 37.4. The molecule has 168 valence electrons. The molecule has 1 aliphatic carbocycles. The van der Waals surface area contributed by atoms with Crippen LogP contribution in [0.4, 0.5) is 0 Å². The van der Waals surface area contributed by atoms with E-state index in [1.54, 1.807) is 36.4 Å². The Bertz CT molecular complexity index is 1180. The maximum Gasteiger partial charge on any atom is 0.524 e. The van der Waals surface area contributed by atoms with E-state index in [4.69, 9.17) is 24.3 Å². The van der Waals surface area contributed by atoms with Gasteiger partial charge in [-0.15, -0.1) is 0 Å². The quantitative estimate of drug-likeness (QED) is 0.275. The predicted molar refractivity (Wildman–Crippen MR) is 110 cm³/mol. The molecule has 0 unspecified atom stereocenters. The molecular formula is C20H18O10P2. The second-order valence-corrected chi connectivity index (χ2v) is 9.49. The van der Waals surface area contributed by atoms with Crippen LogP contribution in [0.25, 0.3) is 0 Å². The number of phosphoric acid groups is 2. The van der Waals surface area contributed by atoms with E-state index in [9.17, 15) is 13.9 Å². The van der Waals surface area contributed by atoms with E-state index in [2.05, 4.69) is 9.05 Å². The summed E-state index contributed by atoms with van der Waals surface area (Å²) in [6, 6.07) is 12.6. The van der Waals surface area contributed by atoms with Gasteiger partial charge in [-0.25, -0.2) is 13.9 Å². The van der Waals surface area contributed by atoms with Crippen molar-refractivity contribution in [1.29, 1.82) is 0 Å². The first-order valence-corrected chi connectivity index (χ1v) is 12.3. The third-order valence-electron chi connectivity index (χ3n) is 5.05. The summed E-state index contributed by atoms with van der Waals surface area (Å²) in [6.07, 6.45) is 5.18. The molecule has 12 heteroatoms. The highest BCUT2D eigenvalue weighted by Crippen LogP contribution is 2.50. The number of carbonyl (C=O) groups excluding carboxylic acids is 1. The molecule has 1 aliphatic heterocycles. The zero-order chi connectivity index (χ0) is 23.1. The van der Waals surface area contributed by atoms with Crippen LogP contribution >= 0.6 is 15.6 Å². The summed E-state index contributed by atoms with van der Waals surface area (Å²) in [5, 5.41) is 0. The lowest BCUT2D eigenvalue weighted by atomic mass is 9.74. The van der Waals surface area contributed by atoms with Crippen LogP contribution in [0.3, 0.4) is 0 Å². The van der Waals surface area contributed by atoms with Gasteiger partial charge in [-0.2, -0.15) is 0 Å². The number of benzene rings is 2. The van der Waals surface area contributed by atoms with Crippen molar-refractivity contribution in [3.63, 3.8) is 0 Å². The van der Waals surface area contributed by atoms with Gasteiger partial charge in [0.1, 0.15) is 11.9 Å². The Kier molecular flexibility index (Phi) is 5.73. The molecule has 0 aromatic heterocycles. The Morgan fingerprint density at radius 3 is 2.06 bits per heavy atom. The number of hydrogen-bond donors (Lipinski definition) is 4. The molecule has 4 rings (SSSR count). The Balaban J connectivity index is 1.77. The molecule has 0 fully saturated rings. The Morgan fingerprint density at radius 1 is 0.844 bits per heavy atom. The van der Waals surface area contributed by atoms with Crippen LogP contribution in [0.15, 0.2) is 72.8 Å². The summed E-state index contributed by atoms with van der Waals surface area (Å²) in [7, 11) is -9.45. The number of carbonyl (C=O) groups is 1. The summed E-state index contributed by atoms with van der Waals surface area (Å²) in [4.78, 5) is 48.8. The normalized spacial score (nSPS) is 24.8. The van der Waals surface area contributed by atoms with Gasteiger partial charge in [0.15, 0.2) is 5.60 Å². The Morgan fingerprint density at radius 2 is 1.47 bits per heavy atom. The maximum atomic E-state index is 12.7. The summed E-state index contributed by atoms with van der Waals surface area (Å²) >= 11 is 0. The summed E-state index contributed by atoms with van der Waals surface area (Å²) in [6.45, 7) is 0.